The summed E-state index contributed by atoms with van der Waals surface area (Å²) in [7, 11) is 0. The first-order valence-electron chi connectivity index (χ1n) is 23.7. The number of oxazole rings is 2. The molecule has 0 aliphatic carbocycles. The lowest BCUT2D eigenvalue weighted by molar-refractivity contribution is -0.133. The Kier molecular flexibility index (Phi) is 19.2. The number of ether oxygens (including phenoxy) is 3. The molecule has 0 bridgehead atoms. The van der Waals surface area contributed by atoms with Gasteiger partial charge in [-0.05, 0) is 135 Å². The van der Waals surface area contributed by atoms with Crippen molar-refractivity contribution in [3.05, 3.63) is 166 Å². The van der Waals surface area contributed by atoms with Gasteiger partial charge in [-0.3, -0.25) is 4.79 Å². The third-order valence-corrected chi connectivity index (χ3v) is 12.0. The number of nitrogens with one attached hydrogen (secondary N) is 1. The quantitative estimate of drug-likeness (QED) is 0.0838. The number of hydrogen-bond donors (Lipinski definition) is 2. The summed E-state index contributed by atoms with van der Waals surface area (Å²) in [6, 6.07) is 35.4. The van der Waals surface area contributed by atoms with Crippen molar-refractivity contribution in [2.75, 3.05) is 46.0 Å². The Morgan fingerprint density at radius 1 is 0.700 bits per heavy atom. The molecule has 2 aliphatic rings. The number of aromatic nitrogens is 2. The summed E-state index contributed by atoms with van der Waals surface area (Å²) < 4.78 is 28.8. The van der Waals surface area contributed by atoms with Crippen molar-refractivity contribution in [3.63, 3.8) is 0 Å². The molecule has 13 nitrogen and oxygen atoms in total. The number of amides is 1. The number of halogens is 1. The van der Waals surface area contributed by atoms with Crippen molar-refractivity contribution in [3.8, 4) is 34.4 Å². The van der Waals surface area contributed by atoms with E-state index in [9.17, 15) is 19.5 Å². The topological polar surface area (TPSA) is 166 Å². The lowest BCUT2D eigenvalue weighted by Crippen LogP contribution is -2.39. The largest absolute Gasteiger partial charge is 0.493 e. The monoisotopic (exact) mass is 970 g/mol. The van der Waals surface area contributed by atoms with E-state index in [1.807, 2.05) is 125 Å². The Balaban J connectivity index is 0.000000231. The number of ketones is 1. The molecule has 2 aliphatic heterocycles. The summed E-state index contributed by atoms with van der Waals surface area (Å²) in [5.41, 5.74) is 9.10. The summed E-state index contributed by atoms with van der Waals surface area (Å²) in [6.07, 6.45) is 3.25. The fraction of sp³-hybridized carbons (Fsp3) is 0.339. The van der Waals surface area contributed by atoms with Gasteiger partial charge in [0.25, 0.3) is 0 Å². The molecular weight excluding hydrogens is 908 g/mol. The van der Waals surface area contributed by atoms with Crippen LogP contribution in [0.25, 0.3) is 22.9 Å². The van der Waals surface area contributed by atoms with Crippen molar-refractivity contribution in [2.45, 2.75) is 73.1 Å². The number of benzene rings is 4. The Labute approximate surface area is 416 Å². The molecule has 2 N–H and O–H groups in total. The minimum absolute atomic E-state index is 0. The molecule has 4 heterocycles. The number of carbonyl (C=O) groups excluding carboxylic acids is 2. The highest BCUT2D eigenvalue weighted by Crippen LogP contribution is 2.27. The number of carbonyl (C=O) groups is 3. The molecule has 1 amide bonds. The standard InChI is InChI=1S/C30H34N2O6.C26H28N2O3.ClH/c1-20(2)19-37-30(35)32-15-13-26(29(33)34)24(18-32)17-22-9-11-25(12-10-22)36-16-14-27-21(3)38-28(31-27)23-7-5-4-6-8-23;1-18(29)24-12-14-27-17-22(24)16-20-8-10-23(11-9-20)30-15-13-25-19(2)31-26(28-25)21-6-4-3-5-7-21;/h4-12,20H,13-19H2,1-3H3,(H,33,34);3-11,27H,12-17H2,1-2H3;1H. The van der Waals surface area contributed by atoms with Crippen LogP contribution in [0, 0.1) is 19.8 Å². The summed E-state index contributed by atoms with van der Waals surface area (Å²) in [5.74, 6) is 3.89. The molecule has 70 heavy (non-hydrogen) atoms. The highest BCUT2D eigenvalue weighted by atomic mass is 35.5. The summed E-state index contributed by atoms with van der Waals surface area (Å²) in [5, 5.41) is 13.0. The number of hydrogen-bond acceptors (Lipinski definition) is 11. The number of carboxylic acids is 1. The molecule has 6 aromatic rings. The number of rotatable bonds is 18. The third-order valence-electron chi connectivity index (χ3n) is 12.0. The van der Waals surface area contributed by atoms with E-state index >= 15 is 0 Å². The fourth-order valence-corrected chi connectivity index (χ4v) is 8.22. The van der Waals surface area contributed by atoms with Crippen LogP contribution in [-0.4, -0.2) is 83.8 Å². The number of Topliss-reactive ketones (excluding diaryl/α,β-unsaturated/α-hetero) is 1. The highest BCUT2D eigenvalue weighted by molar-refractivity contribution is 5.94. The van der Waals surface area contributed by atoms with E-state index in [4.69, 9.17) is 23.0 Å². The van der Waals surface area contributed by atoms with Gasteiger partial charge in [0.15, 0.2) is 5.78 Å². The van der Waals surface area contributed by atoms with Crippen LogP contribution < -0.4 is 14.8 Å². The van der Waals surface area contributed by atoms with E-state index in [0.717, 1.165) is 82.4 Å². The zero-order valence-electron chi connectivity index (χ0n) is 40.6. The van der Waals surface area contributed by atoms with Gasteiger partial charge >= 0.3 is 12.1 Å². The van der Waals surface area contributed by atoms with E-state index in [2.05, 4.69) is 27.4 Å². The maximum absolute atomic E-state index is 12.4. The predicted molar refractivity (Wildman–Crippen MR) is 272 cm³/mol. The van der Waals surface area contributed by atoms with Gasteiger partial charge in [0.05, 0.1) is 31.2 Å². The number of carboxylic acid groups (broad SMARTS) is 1. The van der Waals surface area contributed by atoms with Gasteiger partial charge in [0, 0.05) is 49.2 Å². The highest BCUT2D eigenvalue weighted by Gasteiger charge is 2.27. The lowest BCUT2D eigenvalue weighted by Gasteiger charge is -2.29. The van der Waals surface area contributed by atoms with Crippen molar-refractivity contribution < 1.29 is 42.5 Å². The molecule has 0 radical (unpaired) electrons. The van der Waals surface area contributed by atoms with Crippen molar-refractivity contribution in [2.24, 2.45) is 5.92 Å². The van der Waals surface area contributed by atoms with Crippen LogP contribution in [0.2, 0.25) is 0 Å². The van der Waals surface area contributed by atoms with Gasteiger partial charge in [0.2, 0.25) is 11.8 Å². The normalized spacial score (nSPS) is 13.6. The molecule has 368 valence electrons. The van der Waals surface area contributed by atoms with Crippen molar-refractivity contribution >= 4 is 30.3 Å². The van der Waals surface area contributed by atoms with Crippen LogP contribution in [-0.2, 0) is 40.0 Å². The van der Waals surface area contributed by atoms with Crippen LogP contribution in [0.1, 0.15) is 67.6 Å². The second kappa shape index (κ2) is 25.6. The van der Waals surface area contributed by atoms with Crippen molar-refractivity contribution in [1.82, 2.24) is 20.2 Å². The Morgan fingerprint density at radius 2 is 1.20 bits per heavy atom. The maximum atomic E-state index is 12.4. The first-order chi connectivity index (χ1) is 33.4. The summed E-state index contributed by atoms with van der Waals surface area (Å²) in [4.78, 5) is 46.9. The third kappa shape index (κ3) is 14.8. The molecule has 0 saturated heterocycles. The van der Waals surface area contributed by atoms with E-state index < -0.39 is 12.1 Å². The second-order valence-electron chi connectivity index (χ2n) is 17.7. The number of nitrogens with zero attached hydrogens (tertiary/aromatic N) is 3. The smallest absolute Gasteiger partial charge is 0.410 e. The van der Waals surface area contributed by atoms with E-state index in [-0.39, 0.29) is 30.7 Å². The van der Waals surface area contributed by atoms with Crippen LogP contribution in [0.5, 0.6) is 11.5 Å². The van der Waals surface area contributed by atoms with Gasteiger partial charge in [0.1, 0.15) is 23.0 Å². The van der Waals surface area contributed by atoms with Crippen LogP contribution >= 0.6 is 12.4 Å². The summed E-state index contributed by atoms with van der Waals surface area (Å²) in [6.45, 7) is 13.0. The van der Waals surface area contributed by atoms with E-state index in [1.165, 1.54) is 11.1 Å². The molecule has 0 saturated carbocycles. The zero-order chi connectivity index (χ0) is 48.7. The minimum Gasteiger partial charge on any atom is -0.493 e. The summed E-state index contributed by atoms with van der Waals surface area (Å²) >= 11 is 0. The van der Waals surface area contributed by atoms with E-state index in [1.54, 1.807) is 11.8 Å². The van der Waals surface area contributed by atoms with Gasteiger partial charge < -0.3 is 38.4 Å². The molecular formula is C56H63ClN4O9. The number of aliphatic carboxylic acids is 1. The van der Waals surface area contributed by atoms with Crippen LogP contribution in [0.4, 0.5) is 4.79 Å². The molecule has 8 rings (SSSR count). The van der Waals surface area contributed by atoms with Gasteiger partial charge in [-0.15, -0.1) is 12.4 Å². The van der Waals surface area contributed by atoms with Crippen molar-refractivity contribution in [1.29, 1.82) is 0 Å². The average Bonchev–Trinajstić information content (AvgIpc) is 3.93. The lowest BCUT2D eigenvalue weighted by atomic mass is 9.93. The molecule has 14 heteroatoms. The van der Waals surface area contributed by atoms with E-state index in [0.29, 0.717) is 75.2 Å². The number of aryl methyl sites for hydroxylation is 2. The van der Waals surface area contributed by atoms with Gasteiger partial charge in [-0.2, -0.15) is 0 Å². The molecule has 0 spiro atoms. The molecule has 0 atom stereocenters. The maximum Gasteiger partial charge on any atom is 0.410 e. The molecule has 4 aromatic carbocycles. The van der Waals surface area contributed by atoms with Crippen LogP contribution in [0.15, 0.2) is 140 Å². The fourth-order valence-electron chi connectivity index (χ4n) is 8.22. The average molecular weight is 972 g/mol. The Hall–Kier alpha value is -6.96. The molecule has 0 unspecified atom stereocenters. The van der Waals surface area contributed by atoms with Crippen LogP contribution in [0.3, 0.4) is 0 Å². The first-order valence-corrected chi connectivity index (χ1v) is 23.7. The minimum atomic E-state index is -0.936. The first kappa shape index (κ1) is 52.4. The predicted octanol–water partition coefficient (Wildman–Crippen LogP) is 10.8. The zero-order valence-corrected chi connectivity index (χ0v) is 41.4. The Morgan fingerprint density at radius 3 is 1.67 bits per heavy atom. The van der Waals surface area contributed by atoms with Gasteiger partial charge in [-0.1, -0.05) is 74.5 Å². The SMILES string of the molecule is CC(=O)C1=C(Cc2ccc(OCCc3nc(-c4ccccc4)oc3C)cc2)CNCC1.Cc1oc(-c2ccccc2)nc1CCOc1ccc(CC2=C(C(=O)O)CCN(C(=O)OCC(C)C)C2)cc1.Cl. The molecule has 0 fully saturated rings. The van der Waals surface area contributed by atoms with Gasteiger partial charge in [-0.25, -0.2) is 19.6 Å². The molecule has 2 aromatic heterocycles. The Bertz CT molecular complexity index is 2730. The second-order valence-corrected chi connectivity index (χ2v) is 17.7.